The monoisotopic (exact) mass is 273 g/mol. The molecule has 0 aliphatic rings. The molecule has 0 saturated heterocycles. The standard InChI is InChI=1S/C14H12BrN/c1-2-16-13-9-4-3-6-10(13)11-7-5-8-12(15)14(11)16/h3-9H,2H2,1H3. The molecule has 2 aromatic carbocycles. The van der Waals surface area contributed by atoms with Crippen LogP contribution in [0.3, 0.4) is 0 Å². The Kier molecular flexibility index (Phi) is 2.25. The molecule has 0 aliphatic heterocycles. The minimum absolute atomic E-state index is 0.993. The molecule has 1 aromatic heterocycles. The molecule has 0 bridgehead atoms. The first-order valence-corrected chi connectivity index (χ1v) is 6.27. The minimum atomic E-state index is 0.993. The summed E-state index contributed by atoms with van der Waals surface area (Å²) < 4.78 is 3.53. The highest BCUT2D eigenvalue weighted by Gasteiger charge is 2.10. The topological polar surface area (TPSA) is 4.93 Å². The quantitative estimate of drug-likeness (QED) is 0.612. The van der Waals surface area contributed by atoms with Crippen LogP contribution in [0, 0.1) is 0 Å². The van der Waals surface area contributed by atoms with E-state index in [2.05, 4.69) is 69.9 Å². The summed E-state index contributed by atoms with van der Waals surface area (Å²) in [5.74, 6) is 0. The van der Waals surface area contributed by atoms with E-state index in [-0.39, 0.29) is 0 Å². The predicted octanol–water partition coefficient (Wildman–Crippen LogP) is 4.58. The van der Waals surface area contributed by atoms with Gasteiger partial charge in [0, 0.05) is 27.3 Å². The van der Waals surface area contributed by atoms with Gasteiger partial charge in [-0.25, -0.2) is 0 Å². The molecule has 3 rings (SSSR count). The summed E-state index contributed by atoms with van der Waals surface area (Å²) in [6.45, 7) is 3.18. The fourth-order valence-electron chi connectivity index (χ4n) is 2.39. The van der Waals surface area contributed by atoms with Gasteiger partial charge in [0.05, 0.1) is 5.52 Å². The molecule has 80 valence electrons. The highest BCUT2D eigenvalue weighted by Crippen LogP contribution is 2.33. The SMILES string of the molecule is CCn1c2ccccc2c2cccc(Br)c21. The van der Waals surface area contributed by atoms with Gasteiger partial charge in [0.1, 0.15) is 0 Å². The van der Waals surface area contributed by atoms with E-state index in [1.807, 2.05) is 0 Å². The Labute approximate surface area is 103 Å². The van der Waals surface area contributed by atoms with Crippen molar-refractivity contribution in [2.45, 2.75) is 13.5 Å². The molecule has 1 nitrogen and oxygen atoms in total. The van der Waals surface area contributed by atoms with Crippen LogP contribution in [0.2, 0.25) is 0 Å². The fraction of sp³-hybridized carbons (Fsp3) is 0.143. The molecule has 0 aliphatic carbocycles. The summed E-state index contributed by atoms with van der Waals surface area (Å²) in [5.41, 5.74) is 2.61. The Bertz CT molecular complexity index is 667. The number of fused-ring (bicyclic) bond motifs is 3. The first-order valence-electron chi connectivity index (χ1n) is 5.48. The lowest BCUT2D eigenvalue weighted by Gasteiger charge is -2.03. The lowest BCUT2D eigenvalue weighted by molar-refractivity contribution is 0.826. The van der Waals surface area contributed by atoms with Crippen molar-refractivity contribution in [3.63, 3.8) is 0 Å². The first kappa shape index (κ1) is 9.91. The molecule has 0 radical (unpaired) electrons. The summed E-state index contributed by atoms with van der Waals surface area (Å²) in [7, 11) is 0. The van der Waals surface area contributed by atoms with Gasteiger partial charge in [0.25, 0.3) is 0 Å². The highest BCUT2D eigenvalue weighted by atomic mass is 79.9. The summed E-state index contributed by atoms with van der Waals surface area (Å²) in [5, 5.41) is 2.66. The Morgan fingerprint density at radius 3 is 2.56 bits per heavy atom. The Morgan fingerprint density at radius 2 is 1.75 bits per heavy atom. The van der Waals surface area contributed by atoms with Gasteiger partial charge < -0.3 is 4.57 Å². The number of aryl methyl sites for hydroxylation is 1. The lowest BCUT2D eigenvalue weighted by atomic mass is 10.2. The van der Waals surface area contributed by atoms with E-state index in [0.29, 0.717) is 0 Å². The van der Waals surface area contributed by atoms with Crippen molar-refractivity contribution in [1.82, 2.24) is 4.57 Å². The minimum Gasteiger partial charge on any atom is -0.340 e. The van der Waals surface area contributed by atoms with E-state index in [9.17, 15) is 0 Å². The fourth-order valence-corrected chi connectivity index (χ4v) is 2.97. The van der Waals surface area contributed by atoms with Gasteiger partial charge in [0.15, 0.2) is 0 Å². The van der Waals surface area contributed by atoms with Gasteiger partial charge >= 0.3 is 0 Å². The smallest absolute Gasteiger partial charge is 0.0635 e. The zero-order valence-corrected chi connectivity index (χ0v) is 10.7. The van der Waals surface area contributed by atoms with Crippen LogP contribution in [0.5, 0.6) is 0 Å². The maximum Gasteiger partial charge on any atom is 0.0635 e. The molecular formula is C14H12BrN. The third-order valence-corrected chi connectivity index (χ3v) is 3.70. The van der Waals surface area contributed by atoms with E-state index in [0.717, 1.165) is 6.54 Å². The molecule has 16 heavy (non-hydrogen) atoms. The van der Waals surface area contributed by atoms with Crippen LogP contribution < -0.4 is 0 Å². The lowest BCUT2D eigenvalue weighted by Crippen LogP contribution is -1.93. The second-order valence-electron chi connectivity index (χ2n) is 3.90. The summed E-state index contributed by atoms with van der Waals surface area (Å²) in [6.07, 6.45) is 0. The van der Waals surface area contributed by atoms with Crippen molar-refractivity contribution in [3.8, 4) is 0 Å². The van der Waals surface area contributed by atoms with Gasteiger partial charge in [-0.2, -0.15) is 0 Å². The Balaban J connectivity index is 2.64. The zero-order chi connectivity index (χ0) is 11.1. The van der Waals surface area contributed by atoms with Crippen molar-refractivity contribution < 1.29 is 0 Å². The molecule has 0 unspecified atom stereocenters. The second kappa shape index (κ2) is 3.63. The van der Waals surface area contributed by atoms with Gasteiger partial charge in [-0.15, -0.1) is 0 Å². The van der Waals surface area contributed by atoms with Crippen LogP contribution in [0.1, 0.15) is 6.92 Å². The molecule has 0 amide bonds. The molecular weight excluding hydrogens is 262 g/mol. The Hall–Kier alpha value is -1.28. The van der Waals surface area contributed by atoms with Gasteiger partial charge in [-0.05, 0) is 35.0 Å². The van der Waals surface area contributed by atoms with Crippen molar-refractivity contribution in [3.05, 3.63) is 46.9 Å². The predicted molar refractivity (Wildman–Crippen MR) is 72.8 cm³/mol. The highest BCUT2D eigenvalue weighted by molar-refractivity contribution is 9.10. The van der Waals surface area contributed by atoms with E-state index in [4.69, 9.17) is 0 Å². The van der Waals surface area contributed by atoms with Crippen LogP contribution in [0.25, 0.3) is 21.8 Å². The Morgan fingerprint density at radius 1 is 1.00 bits per heavy atom. The number of nitrogens with zero attached hydrogens (tertiary/aromatic N) is 1. The number of halogens is 1. The molecule has 0 spiro atoms. The zero-order valence-electron chi connectivity index (χ0n) is 9.07. The van der Waals surface area contributed by atoms with Gasteiger partial charge in [0.2, 0.25) is 0 Å². The van der Waals surface area contributed by atoms with Crippen molar-refractivity contribution in [2.24, 2.45) is 0 Å². The molecule has 0 saturated carbocycles. The summed E-state index contributed by atoms with van der Waals surface area (Å²) >= 11 is 3.65. The van der Waals surface area contributed by atoms with Crippen molar-refractivity contribution in [1.29, 1.82) is 0 Å². The number of hydrogen-bond donors (Lipinski definition) is 0. The largest absolute Gasteiger partial charge is 0.340 e. The maximum atomic E-state index is 3.65. The van der Waals surface area contributed by atoms with Crippen molar-refractivity contribution in [2.75, 3.05) is 0 Å². The summed E-state index contributed by atoms with van der Waals surface area (Å²) in [6, 6.07) is 15.0. The normalized spacial score (nSPS) is 11.4. The van der Waals surface area contributed by atoms with Crippen LogP contribution >= 0.6 is 15.9 Å². The van der Waals surface area contributed by atoms with E-state index < -0.39 is 0 Å². The number of rotatable bonds is 1. The number of aromatic nitrogens is 1. The molecule has 2 heteroatoms. The van der Waals surface area contributed by atoms with Crippen LogP contribution in [0.15, 0.2) is 46.9 Å². The number of benzene rings is 2. The number of hydrogen-bond acceptors (Lipinski definition) is 0. The maximum absolute atomic E-state index is 3.65. The first-order chi connectivity index (χ1) is 7.83. The van der Waals surface area contributed by atoms with E-state index in [1.54, 1.807) is 0 Å². The van der Waals surface area contributed by atoms with E-state index >= 15 is 0 Å². The van der Waals surface area contributed by atoms with Crippen molar-refractivity contribution >= 4 is 37.7 Å². The third-order valence-electron chi connectivity index (χ3n) is 3.06. The van der Waals surface area contributed by atoms with Crippen LogP contribution in [-0.2, 0) is 6.54 Å². The molecule has 0 atom stereocenters. The third kappa shape index (κ3) is 1.23. The van der Waals surface area contributed by atoms with Crippen LogP contribution in [0.4, 0.5) is 0 Å². The van der Waals surface area contributed by atoms with Gasteiger partial charge in [-0.3, -0.25) is 0 Å². The number of para-hydroxylation sites is 2. The molecule has 0 N–H and O–H groups in total. The summed E-state index contributed by atoms with van der Waals surface area (Å²) in [4.78, 5) is 0. The van der Waals surface area contributed by atoms with Crippen LogP contribution in [-0.4, -0.2) is 4.57 Å². The average Bonchev–Trinajstić information content (AvgIpc) is 2.65. The molecule has 3 aromatic rings. The average molecular weight is 274 g/mol. The van der Waals surface area contributed by atoms with Gasteiger partial charge in [-0.1, -0.05) is 30.3 Å². The van der Waals surface area contributed by atoms with E-state index in [1.165, 1.54) is 26.3 Å². The molecule has 0 fully saturated rings. The second-order valence-corrected chi connectivity index (χ2v) is 4.75. The molecule has 1 heterocycles.